The van der Waals surface area contributed by atoms with Gasteiger partial charge in [-0.25, -0.2) is 0 Å². The smallest absolute Gasteiger partial charge is 0.264 e. The lowest BCUT2D eigenvalue weighted by Gasteiger charge is -2.29. The first-order valence-corrected chi connectivity index (χ1v) is 21.4. The van der Waals surface area contributed by atoms with Gasteiger partial charge in [0.15, 0.2) is 5.60 Å². The normalized spacial score (nSPS) is 20.3. The molecule has 0 radical (unpaired) electrons. The van der Waals surface area contributed by atoms with Gasteiger partial charge in [-0.05, 0) is 89.3 Å². The Morgan fingerprint density at radius 2 is 1.33 bits per heavy atom. The molecular weight excluding hydrogens is 789 g/mol. The molecule has 0 unspecified atom stereocenters. The standard InChI is InChI=1S/C52H40N6O5/c1-31-27-38(25-26-55-30-42(53-54-55)48(59)35-9-3-2-4-10-35)63-52(31)41-28-37(58-45-18-8-14-34-12-6-16-40(47(34)45)50(58)61)23-24-43(41)56(51(52)62)29-32-19-21-36(22-20-32)57-44-17-7-13-33-11-5-15-39(46(33)44)49(57)60/h2-24,28,30-31,38,48,59H,25-27,29H2,1H3/t31-,38+,48-,52+/m1/s1. The van der Waals surface area contributed by atoms with Crippen molar-refractivity contribution in [1.29, 1.82) is 0 Å². The van der Waals surface area contributed by atoms with E-state index in [1.54, 1.807) is 25.6 Å². The highest BCUT2D eigenvalue weighted by Crippen LogP contribution is 2.56. The number of ether oxygens (including phenoxy) is 1. The second-order valence-electron chi connectivity index (χ2n) is 17.0. The van der Waals surface area contributed by atoms with Gasteiger partial charge in [0.1, 0.15) is 11.8 Å². The molecule has 0 saturated carbocycles. The maximum absolute atomic E-state index is 15.2. The number of aromatic nitrogens is 3. The average molecular weight is 829 g/mol. The Labute approximate surface area is 362 Å². The molecule has 11 heteroatoms. The van der Waals surface area contributed by atoms with Gasteiger partial charge in [-0.3, -0.25) is 28.9 Å². The zero-order valence-electron chi connectivity index (χ0n) is 34.3. The fourth-order valence-electron chi connectivity index (χ4n) is 10.4. The van der Waals surface area contributed by atoms with Crippen molar-refractivity contribution in [3.8, 4) is 0 Å². The summed E-state index contributed by atoms with van der Waals surface area (Å²) in [6.45, 7) is 2.82. The molecule has 1 N–H and O–H groups in total. The van der Waals surface area contributed by atoms with Crippen molar-refractivity contribution in [2.75, 3.05) is 14.7 Å². The minimum Gasteiger partial charge on any atom is -0.382 e. The number of nitrogens with zero attached hydrogens (tertiary/aromatic N) is 6. The van der Waals surface area contributed by atoms with Crippen LogP contribution in [0.3, 0.4) is 0 Å². The van der Waals surface area contributed by atoms with E-state index in [1.807, 2.05) is 146 Å². The third kappa shape index (κ3) is 5.56. The zero-order valence-corrected chi connectivity index (χ0v) is 34.3. The minimum absolute atomic E-state index is 0.0669. The van der Waals surface area contributed by atoms with Crippen LogP contribution in [0.5, 0.6) is 0 Å². The fourth-order valence-corrected chi connectivity index (χ4v) is 10.4. The lowest BCUT2D eigenvalue weighted by atomic mass is 9.82. The monoisotopic (exact) mass is 828 g/mol. The van der Waals surface area contributed by atoms with Crippen LogP contribution in [0.4, 0.5) is 28.4 Å². The van der Waals surface area contributed by atoms with Crippen LogP contribution in [-0.4, -0.2) is 43.9 Å². The lowest BCUT2D eigenvalue weighted by molar-refractivity contribution is -0.146. The number of rotatable bonds is 9. The van der Waals surface area contributed by atoms with Gasteiger partial charge in [0.25, 0.3) is 17.7 Å². The van der Waals surface area contributed by atoms with Gasteiger partial charge >= 0.3 is 0 Å². The van der Waals surface area contributed by atoms with E-state index in [4.69, 9.17) is 4.74 Å². The van der Waals surface area contributed by atoms with Crippen LogP contribution in [0.2, 0.25) is 0 Å². The summed E-state index contributed by atoms with van der Waals surface area (Å²) < 4.78 is 8.76. The predicted octanol–water partition coefficient (Wildman–Crippen LogP) is 9.51. The molecule has 0 bridgehead atoms. The molecule has 1 aromatic heterocycles. The Balaban J connectivity index is 0.865. The fraction of sp³-hybridized carbons (Fsp3) is 0.173. The van der Waals surface area contributed by atoms with E-state index in [9.17, 15) is 14.7 Å². The van der Waals surface area contributed by atoms with Gasteiger partial charge in [-0.15, -0.1) is 5.10 Å². The van der Waals surface area contributed by atoms with Crippen LogP contribution >= 0.6 is 0 Å². The van der Waals surface area contributed by atoms with Crippen LogP contribution in [-0.2, 0) is 28.2 Å². The Hall–Kier alpha value is -7.47. The number of carbonyl (C=O) groups excluding carboxylic acids is 3. The first-order chi connectivity index (χ1) is 30.8. The predicted molar refractivity (Wildman–Crippen MR) is 240 cm³/mol. The molecule has 308 valence electrons. The highest BCUT2D eigenvalue weighted by Gasteiger charge is 2.60. The van der Waals surface area contributed by atoms with Crippen molar-refractivity contribution in [2.24, 2.45) is 5.92 Å². The molecule has 0 aliphatic carbocycles. The number of benzene rings is 7. The van der Waals surface area contributed by atoms with E-state index < -0.39 is 11.7 Å². The molecule has 4 atom stereocenters. The zero-order chi connectivity index (χ0) is 42.6. The highest BCUT2D eigenvalue weighted by atomic mass is 16.5. The molecule has 3 amide bonds. The van der Waals surface area contributed by atoms with Gasteiger partial charge in [0.05, 0.1) is 47.0 Å². The Bertz CT molecular complexity index is 3190. The largest absolute Gasteiger partial charge is 0.382 e. The second kappa shape index (κ2) is 14.0. The summed E-state index contributed by atoms with van der Waals surface area (Å²) in [7, 11) is 0. The summed E-state index contributed by atoms with van der Waals surface area (Å²) >= 11 is 0. The van der Waals surface area contributed by atoms with Gasteiger partial charge in [0, 0.05) is 40.2 Å². The molecule has 1 fully saturated rings. The van der Waals surface area contributed by atoms with Crippen molar-refractivity contribution in [3.05, 3.63) is 185 Å². The first kappa shape index (κ1) is 37.3. The summed E-state index contributed by atoms with van der Waals surface area (Å²) in [5, 5.41) is 23.4. The number of aliphatic hydroxyl groups is 1. The van der Waals surface area contributed by atoms with Crippen LogP contribution in [0, 0.1) is 5.92 Å². The molecule has 5 heterocycles. The Kier molecular flexibility index (Phi) is 8.31. The SMILES string of the molecule is C[C@@H]1C[C@H](CCn2cc([C@H](O)c3ccccc3)nn2)O[C@@]12C(=O)N(Cc1ccc(N3C(=O)c4cccc5cccc3c45)cc1)c1ccc(N3C(=O)c4cccc5cccc3c45)cc12. The highest BCUT2D eigenvalue weighted by molar-refractivity contribution is 6.29. The van der Waals surface area contributed by atoms with Gasteiger partial charge < -0.3 is 14.7 Å². The van der Waals surface area contributed by atoms with E-state index in [1.165, 1.54) is 0 Å². The minimum atomic E-state index is -1.30. The third-order valence-electron chi connectivity index (χ3n) is 13.4. The van der Waals surface area contributed by atoms with Crippen LogP contribution in [0.1, 0.15) is 69.0 Å². The van der Waals surface area contributed by atoms with Crippen LogP contribution < -0.4 is 14.7 Å². The number of hydrogen-bond donors (Lipinski definition) is 1. The van der Waals surface area contributed by atoms with Crippen molar-refractivity contribution < 1.29 is 24.2 Å². The van der Waals surface area contributed by atoms with Gasteiger partial charge in [0.2, 0.25) is 0 Å². The average Bonchev–Trinajstić information content (AvgIpc) is 4.11. The Morgan fingerprint density at radius 3 is 2.00 bits per heavy atom. The number of aliphatic hydroxyl groups excluding tert-OH is 1. The number of hydrogen-bond acceptors (Lipinski definition) is 7. The summed E-state index contributed by atoms with van der Waals surface area (Å²) in [4.78, 5) is 48.4. The van der Waals surface area contributed by atoms with Crippen LogP contribution in [0.15, 0.2) is 152 Å². The van der Waals surface area contributed by atoms with E-state index in [2.05, 4.69) is 17.2 Å². The summed E-state index contributed by atoms with van der Waals surface area (Å²) in [5.41, 5.74) is 6.65. The molecule has 4 aliphatic heterocycles. The number of fused-ring (bicyclic) bond motifs is 2. The van der Waals surface area contributed by atoms with Crippen molar-refractivity contribution in [1.82, 2.24) is 15.0 Å². The van der Waals surface area contributed by atoms with E-state index in [0.717, 1.165) is 61.0 Å². The number of amides is 3. The quantitative estimate of drug-likeness (QED) is 0.154. The third-order valence-corrected chi connectivity index (χ3v) is 13.4. The molecule has 11 nitrogen and oxygen atoms in total. The topological polar surface area (TPSA) is 121 Å². The van der Waals surface area contributed by atoms with Crippen LogP contribution in [0.25, 0.3) is 21.5 Å². The molecular formula is C52H40N6O5. The van der Waals surface area contributed by atoms with E-state index in [0.29, 0.717) is 41.9 Å². The van der Waals surface area contributed by atoms with Crippen molar-refractivity contribution in [3.63, 3.8) is 0 Å². The maximum atomic E-state index is 15.2. The summed E-state index contributed by atoms with van der Waals surface area (Å²) in [6.07, 6.45) is 1.76. The second-order valence-corrected chi connectivity index (χ2v) is 17.0. The van der Waals surface area contributed by atoms with E-state index in [-0.39, 0.29) is 36.3 Å². The lowest BCUT2D eigenvalue weighted by Crippen LogP contribution is -2.43. The molecule has 12 rings (SSSR count). The van der Waals surface area contributed by atoms with Crippen molar-refractivity contribution in [2.45, 2.75) is 50.7 Å². The summed E-state index contributed by atoms with van der Waals surface area (Å²) in [5.74, 6) is -0.542. The molecule has 8 aromatic rings. The maximum Gasteiger partial charge on any atom is 0.264 e. The first-order valence-electron chi connectivity index (χ1n) is 21.4. The number of carbonyl (C=O) groups is 3. The molecule has 63 heavy (non-hydrogen) atoms. The van der Waals surface area contributed by atoms with Gasteiger partial charge in [-0.1, -0.05) is 103 Å². The molecule has 1 spiro atoms. The van der Waals surface area contributed by atoms with E-state index >= 15 is 4.79 Å². The van der Waals surface area contributed by atoms with Gasteiger partial charge in [-0.2, -0.15) is 0 Å². The molecule has 7 aromatic carbocycles. The molecule has 1 saturated heterocycles. The molecule has 4 aliphatic rings. The van der Waals surface area contributed by atoms with Crippen molar-refractivity contribution >= 4 is 67.7 Å². The number of anilines is 5. The number of aryl methyl sites for hydroxylation is 1. The summed E-state index contributed by atoms with van der Waals surface area (Å²) in [6, 6.07) is 46.5. The Morgan fingerprint density at radius 1 is 0.714 bits per heavy atom.